The number of nitrogens with zero attached hydrogens (tertiary/aromatic N) is 2. The van der Waals surface area contributed by atoms with Crippen LogP contribution in [0.2, 0.25) is 0 Å². The Hall–Kier alpha value is -1.78. The molecule has 2 heterocycles. The van der Waals surface area contributed by atoms with Crippen molar-refractivity contribution in [3.05, 3.63) is 54.0 Å². The summed E-state index contributed by atoms with van der Waals surface area (Å²) in [6.07, 6.45) is 5.05. The normalized spacial score (nSPS) is 15.4. The lowest BCUT2D eigenvalue weighted by Crippen LogP contribution is -2.43. The molecule has 2 aromatic rings. The van der Waals surface area contributed by atoms with Crippen molar-refractivity contribution in [3.8, 4) is 5.75 Å². The monoisotopic (exact) mass is 542 g/mol. The number of methoxy groups -OCH3 is 1. The molecule has 0 bridgehead atoms. The molecule has 1 unspecified atom stereocenters. The van der Waals surface area contributed by atoms with Crippen LogP contribution in [0.4, 0.5) is 0 Å². The highest BCUT2D eigenvalue weighted by molar-refractivity contribution is 14.0. The van der Waals surface area contributed by atoms with E-state index in [0.29, 0.717) is 13.2 Å². The van der Waals surface area contributed by atoms with Gasteiger partial charge in [0.2, 0.25) is 0 Å². The molecule has 1 saturated heterocycles. The summed E-state index contributed by atoms with van der Waals surface area (Å²) in [4.78, 5) is 6.90. The molecule has 1 fully saturated rings. The summed E-state index contributed by atoms with van der Waals surface area (Å²) >= 11 is 0. The van der Waals surface area contributed by atoms with Crippen molar-refractivity contribution in [2.75, 3.05) is 46.9 Å². The average Bonchev–Trinajstić information content (AvgIpc) is 3.49. The first kappa shape index (κ1) is 25.5. The fraction of sp³-hybridized carbons (Fsp3) is 0.522. The highest BCUT2D eigenvalue weighted by Gasteiger charge is 2.25. The number of nitrogens with one attached hydrogen (secondary N) is 2. The Labute approximate surface area is 202 Å². The van der Waals surface area contributed by atoms with E-state index in [0.717, 1.165) is 50.1 Å². The van der Waals surface area contributed by atoms with Gasteiger partial charge in [0.15, 0.2) is 5.96 Å². The van der Waals surface area contributed by atoms with Crippen LogP contribution in [0, 0.1) is 0 Å². The van der Waals surface area contributed by atoms with E-state index in [4.69, 9.17) is 13.9 Å². The van der Waals surface area contributed by atoms with Crippen LogP contribution in [-0.4, -0.2) is 57.8 Å². The van der Waals surface area contributed by atoms with E-state index in [1.54, 1.807) is 20.4 Å². The number of halogens is 1. The van der Waals surface area contributed by atoms with Crippen LogP contribution in [-0.2, 0) is 11.3 Å². The molecule has 7 nitrogen and oxygen atoms in total. The fourth-order valence-corrected chi connectivity index (χ4v) is 3.79. The van der Waals surface area contributed by atoms with Gasteiger partial charge in [0.1, 0.15) is 18.1 Å². The lowest BCUT2D eigenvalue weighted by Gasteiger charge is -2.30. The number of guanidine groups is 1. The maximum absolute atomic E-state index is 5.63. The first-order valence-electron chi connectivity index (χ1n) is 10.7. The van der Waals surface area contributed by atoms with Crippen LogP contribution in [0.1, 0.15) is 36.6 Å². The maximum Gasteiger partial charge on any atom is 0.191 e. The smallest absolute Gasteiger partial charge is 0.191 e. The second kappa shape index (κ2) is 14.3. The Bertz CT molecular complexity index is 764. The number of para-hydroxylation sites is 1. The Kier molecular flexibility index (Phi) is 11.8. The first-order valence-corrected chi connectivity index (χ1v) is 10.7. The van der Waals surface area contributed by atoms with Crippen LogP contribution >= 0.6 is 24.0 Å². The van der Waals surface area contributed by atoms with Gasteiger partial charge in [0, 0.05) is 32.3 Å². The number of rotatable bonds is 11. The number of hydrogen-bond acceptors (Lipinski definition) is 5. The quantitative estimate of drug-likeness (QED) is 0.195. The van der Waals surface area contributed by atoms with Crippen molar-refractivity contribution in [1.82, 2.24) is 15.5 Å². The van der Waals surface area contributed by atoms with Gasteiger partial charge >= 0.3 is 0 Å². The van der Waals surface area contributed by atoms with Gasteiger partial charge in [0.25, 0.3) is 0 Å². The third-order valence-electron chi connectivity index (χ3n) is 5.35. The summed E-state index contributed by atoms with van der Waals surface area (Å²) in [5.41, 5.74) is 1.22. The van der Waals surface area contributed by atoms with E-state index < -0.39 is 0 Å². The van der Waals surface area contributed by atoms with E-state index in [1.807, 2.05) is 24.3 Å². The number of benzene rings is 1. The summed E-state index contributed by atoms with van der Waals surface area (Å²) < 4.78 is 16.5. The van der Waals surface area contributed by atoms with Gasteiger partial charge < -0.3 is 24.5 Å². The zero-order valence-corrected chi connectivity index (χ0v) is 20.8. The second-order valence-corrected chi connectivity index (χ2v) is 7.37. The van der Waals surface area contributed by atoms with Gasteiger partial charge in [-0.2, -0.15) is 0 Å². The van der Waals surface area contributed by atoms with Gasteiger partial charge in [-0.05, 0) is 50.6 Å². The Morgan fingerprint density at radius 2 is 1.97 bits per heavy atom. The minimum absolute atomic E-state index is 0. The zero-order chi connectivity index (χ0) is 21.0. The van der Waals surface area contributed by atoms with Crippen molar-refractivity contribution >= 4 is 29.9 Å². The topological polar surface area (TPSA) is 71.3 Å². The highest BCUT2D eigenvalue weighted by atomic mass is 127. The van der Waals surface area contributed by atoms with E-state index in [9.17, 15) is 0 Å². The molecule has 0 aliphatic carbocycles. The average molecular weight is 542 g/mol. The molecule has 1 aliphatic rings. The van der Waals surface area contributed by atoms with Crippen molar-refractivity contribution < 1.29 is 13.9 Å². The van der Waals surface area contributed by atoms with Gasteiger partial charge in [-0.3, -0.25) is 9.89 Å². The summed E-state index contributed by atoms with van der Waals surface area (Å²) in [5.74, 6) is 2.60. The molecule has 0 radical (unpaired) electrons. The van der Waals surface area contributed by atoms with Gasteiger partial charge in [-0.1, -0.05) is 18.2 Å². The standard InChI is InChI=1S/C23H34N4O3.HI/c1-24-23(25-12-8-15-29-18-19-9-7-16-30-19)26-17-21(27-13-5-6-14-27)20-10-3-4-11-22(20)28-2;/h3-4,7,9-11,16,21H,5-6,8,12-15,17-18H2,1-2H3,(H2,24,25,26);1H. The van der Waals surface area contributed by atoms with Crippen LogP contribution in [0.25, 0.3) is 0 Å². The van der Waals surface area contributed by atoms with Gasteiger partial charge in [-0.25, -0.2) is 0 Å². The molecule has 2 N–H and O–H groups in total. The van der Waals surface area contributed by atoms with Crippen molar-refractivity contribution in [3.63, 3.8) is 0 Å². The van der Waals surface area contributed by atoms with Crippen molar-refractivity contribution in [2.24, 2.45) is 4.99 Å². The number of furan rings is 1. The third-order valence-corrected chi connectivity index (χ3v) is 5.35. The molecule has 172 valence electrons. The minimum Gasteiger partial charge on any atom is -0.496 e. The number of ether oxygens (including phenoxy) is 2. The van der Waals surface area contributed by atoms with E-state index in [-0.39, 0.29) is 30.0 Å². The fourth-order valence-electron chi connectivity index (χ4n) is 3.79. The molecule has 0 spiro atoms. The van der Waals surface area contributed by atoms with Crippen molar-refractivity contribution in [2.45, 2.75) is 31.9 Å². The molecule has 1 aromatic heterocycles. The molecule has 3 rings (SSSR count). The summed E-state index contributed by atoms with van der Waals surface area (Å²) in [6.45, 7) is 4.97. The zero-order valence-electron chi connectivity index (χ0n) is 18.5. The van der Waals surface area contributed by atoms with Crippen LogP contribution in [0.5, 0.6) is 5.75 Å². The summed E-state index contributed by atoms with van der Waals surface area (Å²) in [7, 11) is 3.54. The second-order valence-electron chi connectivity index (χ2n) is 7.37. The molecule has 1 aliphatic heterocycles. The number of aliphatic imine (C=N–C) groups is 1. The van der Waals surface area contributed by atoms with Gasteiger partial charge in [0.05, 0.1) is 19.4 Å². The van der Waals surface area contributed by atoms with E-state index in [2.05, 4.69) is 32.7 Å². The number of likely N-dealkylation sites (tertiary alicyclic amines) is 1. The Morgan fingerprint density at radius 3 is 2.68 bits per heavy atom. The minimum atomic E-state index is 0. The van der Waals surface area contributed by atoms with Crippen LogP contribution in [0.3, 0.4) is 0 Å². The van der Waals surface area contributed by atoms with Crippen LogP contribution < -0.4 is 15.4 Å². The lowest BCUT2D eigenvalue weighted by atomic mass is 10.0. The third kappa shape index (κ3) is 8.01. The molecule has 1 atom stereocenters. The van der Waals surface area contributed by atoms with Gasteiger partial charge in [-0.15, -0.1) is 24.0 Å². The summed E-state index contributed by atoms with van der Waals surface area (Å²) in [6, 6.07) is 12.3. The number of hydrogen-bond donors (Lipinski definition) is 2. The SMILES string of the molecule is CN=C(NCCCOCc1ccco1)NCC(c1ccccc1OC)N1CCCC1.I. The molecule has 8 heteroatoms. The van der Waals surface area contributed by atoms with E-state index in [1.165, 1.54) is 18.4 Å². The van der Waals surface area contributed by atoms with Crippen LogP contribution in [0.15, 0.2) is 52.1 Å². The largest absolute Gasteiger partial charge is 0.496 e. The lowest BCUT2D eigenvalue weighted by molar-refractivity contribution is 0.105. The molecule has 1 aromatic carbocycles. The molecule has 31 heavy (non-hydrogen) atoms. The Morgan fingerprint density at radius 1 is 1.16 bits per heavy atom. The molecule has 0 saturated carbocycles. The van der Waals surface area contributed by atoms with E-state index >= 15 is 0 Å². The first-order chi connectivity index (χ1) is 14.8. The predicted octanol–water partition coefficient (Wildman–Crippen LogP) is 3.82. The maximum atomic E-state index is 5.63. The van der Waals surface area contributed by atoms with Crippen molar-refractivity contribution in [1.29, 1.82) is 0 Å². The summed E-state index contributed by atoms with van der Waals surface area (Å²) in [5, 5.41) is 6.87. The predicted molar refractivity (Wildman–Crippen MR) is 134 cm³/mol. The Balaban J connectivity index is 0.00000341. The highest BCUT2D eigenvalue weighted by Crippen LogP contribution is 2.31. The molecular formula is C23H35IN4O3. The molecular weight excluding hydrogens is 507 g/mol. The molecule has 0 amide bonds.